The number of rotatable bonds is 5. The molecule has 2 aliphatic heterocycles. The molecule has 0 atom stereocenters. The molecule has 0 aromatic rings. The van der Waals surface area contributed by atoms with E-state index in [-0.39, 0.29) is 5.91 Å². The lowest BCUT2D eigenvalue weighted by molar-refractivity contribution is -0.131. The van der Waals surface area contributed by atoms with Gasteiger partial charge in [-0.05, 0) is 38.3 Å². The van der Waals surface area contributed by atoms with E-state index in [4.69, 9.17) is 4.74 Å². The first-order valence-electron chi connectivity index (χ1n) is 7.49. The summed E-state index contributed by atoms with van der Waals surface area (Å²) in [6, 6.07) is 0. The van der Waals surface area contributed by atoms with Gasteiger partial charge in [-0.25, -0.2) is 0 Å². The Kier molecular flexibility index (Phi) is 6.07. The van der Waals surface area contributed by atoms with Gasteiger partial charge in [0.1, 0.15) is 0 Å². The molecule has 0 bridgehead atoms. The van der Waals surface area contributed by atoms with Crippen molar-refractivity contribution >= 4 is 5.91 Å². The molecule has 2 rings (SSSR count). The molecule has 2 fully saturated rings. The number of hydrogen-bond acceptors (Lipinski definition) is 4. The first-order valence-corrected chi connectivity index (χ1v) is 7.49. The summed E-state index contributed by atoms with van der Waals surface area (Å²) in [7, 11) is 1.69. The maximum absolute atomic E-state index is 12.2. The molecule has 0 aromatic heterocycles. The summed E-state index contributed by atoms with van der Waals surface area (Å²) in [4.78, 5) is 16.5. The highest BCUT2D eigenvalue weighted by Crippen LogP contribution is 2.15. The quantitative estimate of drug-likeness (QED) is 0.772. The molecule has 0 saturated carbocycles. The summed E-state index contributed by atoms with van der Waals surface area (Å²) in [5.74, 6) is 1.03. The zero-order chi connectivity index (χ0) is 13.5. The van der Waals surface area contributed by atoms with Crippen molar-refractivity contribution in [3.63, 3.8) is 0 Å². The van der Waals surface area contributed by atoms with E-state index in [2.05, 4.69) is 10.2 Å². The van der Waals surface area contributed by atoms with Crippen molar-refractivity contribution in [3.8, 4) is 0 Å². The summed E-state index contributed by atoms with van der Waals surface area (Å²) in [6.45, 7) is 7.25. The van der Waals surface area contributed by atoms with Crippen LogP contribution in [0.2, 0.25) is 0 Å². The average Bonchev–Trinajstić information content (AvgIpc) is 2.59. The first-order chi connectivity index (χ1) is 9.29. The van der Waals surface area contributed by atoms with Crippen molar-refractivity contribution in [1.29, 1.82) is 0 Å². The average molecular weight is 269 g/mol. The normalized spacial score (nSPS) is 23.6. The fourth-order valence-corrected chi connectivity index (χ4v) is 3.00. The van der Waals surface area contributed by atoms with Crippen LogP contribution in [-0.2, 0) is 9.53 Å². The third-order valence-corrected chi connectivity index (χ3v) is 4.15. The monoisotopic (exact) mass is 269 g/mol. The lowest BCUT2D eigenvalue weighted by Gasteiger charge is -2.28. The second kappa shape index (κ2) is 7.82. The number of hydrogen-bond donors (Lipinski definition) is 1. The second-order valence-corrected chi connectivity index (χ2v) is 5.66. The van der Waals surface area contributed by atoms with E-state index in [1.165, 1.54) is 12.8 Å². The highest BCUT2D eigenvalue weighted by atomic mass is 16.5. The van der Waals surface area contributed by atoms with Gasteiger partial charge >= 0.3 is 0 Å². The van der Waals surface area contributed by atoms with Crippen LogP contribution in [0.15, 0.2) is 0 Å². The molecule has 5 nitrogen and oxygen atoms in total. The van der Waals surface area contributed by atoms with E-state index in [1.54, 1.807) is 7.11 Å². The summed E-state index contributed by atoms with van der Waals surface area (Å²) in [5, 5.41) is 3.40. The second-order valence-electron chi connectivity index (χ2n) is 5.66. The molecule has 2 saturated heterocycles. The van der Waals surface area contributed by atoms with Crippen LogP contribution in [0.25, 0.3) is 0 Å². The molecule has 0 aromatic carbocycles. The highest BCUT2D eigenvalue weighted by Gasteiger charge is 2.24. The third kappa shape index (κ3) is 4.75. The van der Waals surface area contributed by atoms with Gasteiger partial charge in [-0.1, -0.05) is 0 Å². The fraction of sp³-hybridized carbons (Fsp3) is 0.929. The predicted octanol–water partition coefficient (Wildman–Crippen LogP) is 0.167. The van der Waals surface area contributed by atoms with Crippen LogP contribution in [0.5, 0.6) is 0 Å². The molecule has 0 spiro atoms. The van der Waals surface area contributed by atoms with Crippen LogP contribution in [0, 0.1) is 5.92 Å². The Labute approximate surface area is 116 Å². The van der Waals surface area contributed by atoms with Crippen molar-refractivity contribution in [1.82, 2.24) is 15.1 Å². The number of ether oxygens (including phenoxy) is 1. The molecular formula is C14H27N3O2. The molecule has 1 N–H and O–H groups in total. The summed E-state index contributed by atoms with van der Waals surface area (Å²) in [5.41, 5.74) is 0. The number of piperidine rings is 1. The molecule has 19 heavy (non-hydrogen) atoms. The maximum Gasteiger partial charge on any atom is 0.236 e. The molecule has 2 heterocycles. The Balaban J connectivity index is 1.78. The van der Waals surface area contributed by atoms with Crippen LogP contribution in [-0.4, -0.2) is 75.2 Å². The van der Waals surface area contributed by atoms with Gasteiger partial charge in [0, 0.05) is 33.3 Å². The Hall–Kier alpha value is -0.650. The van der Waals surface area contributed by atoms with Crippen LogP contribution in [0.1, 0.15) is 19.3 Å². The Bertz CT molecular complexity index is 280. The van der Waals surface area contributed by atoms with E-state index < -0.39 is 0 Å². The Morgan fingerprint density at radius 2 is 2.11 bits per heavy atom. The van der Waals surface area contributed by atoms with E-state index in [0.29, 0.717) is 13.2 Å². The van der Waals surface area contributed by atoms with Gasteiger partial charge in [0.2, 0.25) is 5.91 Å². The van der Waals surface area contributed by atoms with E-state index in [0.717, 1.165) is 51.6 Å². The number of carbonyl (C=O) groups is 1. The lowest BCUT2D eigenvalue weighted by atomic mass is 9.97. The van der Waals surface area contributed by atoms with Gasteiger partial charge < -0.3 is 15.0 Å². The van der Waals surface area contributed by atoms with E-state index in [9.17, 15) is 4.79 Å². The molecule has 1 amide bonds. The SMILES string of the molecule is COCCN1CCCN(CC2CCNCC2)CC1=O. The van der Waals surface area contributed by atoms with Gasteiger partial charge in [0.15, 0.2) is 0 Å². The van der Waals surface area contributed by atoms with Gasteiger partial charge in [-0.3, -0.25) is 9.69 Å². The largest absolute Gasteiger partial charge is 0.383 e. The highest BCUT2D eigenvalue weighted by molar-refractivity contribution is 5.78. The first kappa shape index (κ1) is 14.8. The third-order valence-electron chi connectivity index (χ3n) is 4.15. The van der Waals surface area contributed by atoms with Crippen molar-refractivity contribution in [2.24, 2.45) is 5.92 Å². The van der Waals surface area contributed by atoms with Crippen LogP contribution >= 0.6 is 0 Å². The number of nitrogens with one attached hydrogen (secondary N) is 1. The zero-order valence-electron chi connectivity index (χ0n) is 12.1. The summed E-state index contributed by atoms with van der Waals surface area (Å²) in [6.07, 6.45) is 3.58. The van der Waals surface area contributed by atoms with Crippen molar-refractivity contribution in [3.05, 3.63) is 0 Å². The van der Waals surface area contributed by atoms with Crippen LogP contribution in [0.4, 0.5) is 0 Å². The van der Waals surface area contributed by atoms with E-state index >= 15 is 0 Å². The topological polar surface area (TPSA) is 44.8 Å². The zero-order valence-corrected chi connectivity index (χ0v) is 12.1. The molecule has 2 aliphatic rings. The lowest BCUT2D eigenvalue weighted by Crippen LogP contribution is -2.41. The van der Waals surface area contributed by atoms with Crippen molar-refractivity contribution in [2.75, 3.05) is 59.5 Å². The van der Waals surface area contributed by atoms with E-state index in [1.807, 2.05) is 4.90 Å². The Morgan fingerprint density at radius 3 is 2.84 bits per heavy atom. The minimum absolute atomic E-state index is 0.267. The predicted molar refractivity (Wildman–Crippen MR) is 75.1 cm³/mol. The minimum atomic E-state index is 0.267. The number of amides is 1. The smallest absolute Gasteiger partial charge is 0.236 e. The van der Waals surface area contributed by atoms with Crippen molar-refractivity contribution in [2.45, 2.75) is 19.3 Å². The molecule has 0 aliphatic carbocycles. The number of nitrogens with zero attached hydrogens (tertiary/aromatic N) is 2. The molecule has 110 valence electrons. The summed E-state index contributed by atoms with van der Waals surface area (Å²) < 4.78 is 5.07. The standard InChI is InChI=1S/C14H27N3O2/c1-19-10-9-17-8-2-7-16(12-14(17)18)11-13-3-5-15-6-4-13/h13,15H,2-12H2,1H3. The molecule has 0 radical (unpaired) electrons. The molecule has 0 unspecified atom stereocenters. The molecular weight excluding hydrogens is 242 g/mol. The summed E-state index contributed by atoms with van der Waals surface area (Å²) >= 11 is 0. The fourth-order valence-electron chi connectivity index (χ4n) is 3.00. The number of methoxy groups -OCH3 is 1. The van der Waals surface area contributed by atoms with Crippen LogP contribution < -0.4 is 5.32 Å². The van der Waals surface area contributed by atoms with Gasteiger partial charge in [0.25, 0.3) is 0 Å². The van der Waals surface area contributed by atoms with Crippen LogP contribution in [0.3, 0.4) is 0 Å². The van der Waals surface area contributed by atoms with Gasteiger partial charge in [-0.2, -0.15) is 0 Å². The minimum Gasteiger partial charge on any atom is -0.383 e. The van der Waals surface area contributed by atoms with Gasteiger partial charge in [-0.15, -0.1) is 0 Å². The molecule has 5 heteroatoms. The van der Waals surface area contributed by atoms with Gasteiger partial charge in [0.05, 0.1) is 13.2 Å². The van der Waals surface area contributed by atoms with Crippen molar-refractivity contribution < 1.29 is 9.53 Å². The number of carbonyl (C=O) groups excluding carboxylic acids is 1. The Morgan fingerprint density at radius 1 is 1.32 bits per heavy atom. The maximum atomic E-state index is 12.2.